The van der Waals surface area contributed by atoms with Crippen molar-refractivity contribution in [3.63, 3.8) is 0 Å². The molecule has 10 heteroatoms. The Kier molecular flexibility index (Phi) is 7.48. The number of hydrogen-bond acceptors (Lipinski definition) is 7. The minimum absolute atomic E-state index is 0. The fraction of sp³-hybridized carbons (Fsp3) is 0.423. The molecule has 1 saturated heterocycles. The lowest BCUT2D eigenvalue weighted by Crippen LogP contribution is -2.43. The molecule has 3 aromatic heterocycles. The zero-order chi connectivity index (χ0) is 23.8. The minimum Gasteiger partial charge on any atom is -0.486 e. The van der Waals surface area contributed by atoms with E-state index in [2.05, 4.69) is 37.4 Å². The second-order valence-corrected chi connectivity index (χ2v) is 9.72. The molecule has 0 unspecified atom stereocenters. The number of pyridine rings is 2. The van der Waals surface area contributed by atoms with Crippen molar-refractivity contribution in [1.82, 2.24) is 30.0 Å². The van der Waals surface area contributed by atoms with Crippen LogP contribution in [0.2, 0.25) is 5.02 Å². The van der Waals surface area contributed by atoms with Crippen molar-refractivity contribution in [3.05, 3.63) is 53.1 Å². The Labute approximate surface area is 221 Å². The van der Waals surface area contributed by atoms with Crippen LogP contribution in [-0.4, -0.2) is 63.5 Å². The van der Waals surface area contributed by atoms with Gasteiger partial charge in [0.25, 0.3) is 0 Å². The topological polar surface area (TPSA) is 77.3 Å². The molecular weight excluding hydrogens is 499 g/mol. The zero-order valence-corrected chi connectivity index (χ0v) is 21.8. The van der Waals surface area contributed by atoms with Crippen LogP contribution in [0.25, 0.3) is 21.8 Å². The highest BCUT2D eigenvalue weighted by Gasteiger charge is 2.21. The van der Waals surface area contributed by atoms with Crippen molar-refractivity contribution in [2.24, 2.45) is 7.05 Å². The molecule has 6 rings (SSSR count). The molecule has 5 heterocycles. The van der Waals surface area contributed by atoms with Crippen molar-refractivity contribution in [1.29, 1.82) is 0 Å². The number of halogens is 2. The maximum Gasteiger partial charge on any atom is 0.179 e. The van der Waals surface area contributed by atoms with Gasteiger partial charge in [-0.1, -0.05) is 11.6 Å². The molecule has 0 radical (unpaired) electrons. The van der Waals surface area contributed by atoms with Crippen LogP contribution in [0.3, 0.4) is 0 Å². The minimum atomic E-state index is 0. The second kappa shape index (κ2) is 10.8. The third kappa shape index (κ3) is 4.95. The molecule has 0 spiro atoms. The first-order valence-electron chi connectivity index (χ1n) is 12.2. The molecule has 0 bridgehead atoms. The summed E-state index contributed by atoms with van der Waals surface area (Å²) in [5.41, 5.74) is 4.22. The van der Waals surface area contributed by atoms with Gasteiger partial charge in [0, 0.05) is 49.2 Å². The van der Waals surface area contributed by atoms with Gasteiger partial charge in [-0.2, -0.15) is 5.10 Å². The zero-order valence-electron chi connectivity index (χ0n) is 20.2. The molecule has 0 atom stereocenters. The van der Waals surface area contributed by atoms with E-state index < -0.39 is 0 Å². The molecular formula is C26H30Cl2N6O2. The number of piperidine rings is 1. The molecule has 1 fully saturated rings. The number of ether oxygens (including phenoxy) is 2. The van der Waals surface area contributed by atoms with Gasteiger partial charge in [0.15, 0.2) is 11.5 Å². The van der Waals surface area contributed by atoms with Crippen molar-refractivity contribution in [2.45, 2.75) is 31.8 Å². The van der Waals surface area contributed by atoms with Crippen LogP contribution >= 0.6 is 24.0 Å². The van der Waals surface area contributed by atoms with Gasteiger partial charge in [0.05, 0.1) is 34.1 Å². The monoisotopic (exact) mass is 528 g/mol. The van der Waals surface area contributed by atoms with Gasteiger partial charge in [-0.05, 0) is 50.0 Å². The van der Waals surface area contributed by atoms with Gasteiger partial charge >= 0.3 is 0 Å². The number of hydrogen-bond donors (Lipinski definition) is 1. The molecule has 1 N–H and O–H groups in total. The summed E-state index contributed by atoms with van der Waals surface area (Å²) in [7, 11) is 1.97. The average molecular weight is 529 g/mol. The summed E-state index contributed by atoms with van der Waals surface area (Å²) in [4.78, 5) is 11.6. The molecule has 8 nitrogen and oxygen atoms in total. The molecule has 36 heavy (non-hydrogen) atoms. The van der Waals surface area contributed by atoms with Crippen LogP contribution in [0.15, 0.2) is 36.8 Å². The lowest BCUT2D eigenvalue weighted by molar-refractivity contribution is 0.170. The third-order valence-corrected chi connectivity index (χ3v) is 7.47. The van der Waals surface area contributed by atoms with Gasteiger partial charge in [-0.3, -0.25) is 14.6 Å². The van der Waals surface area contributed by atoms with E-state index in [0.717, 1.165) is 89.5 Å². The average Bonchev–Trinajstić information content (AvgIpc) is 3.28. The Morgan fingerprint density at radius 3 is 2.69 bits per heavy atom. The van der Waals surface area contributed by atoms with Gasteiger partial charge in [-0.25, -0.2) is 0 Å². The van der Waals surface area contributed by atoms with E-state index >= 15 is 0 Å². The normalized spacial score (nSPS) is 16.4. The Balaban J connectivity index is 0.00000267. The molecule has 0 amide bonds. The van der Waals surface area contributed by atoms with Crippen molar-refractivity contribution in [2.75, 3.05) is 32.8 Å². The fourth-order valence-electron chi connectivity index (χ4n) is 5.17. The number of aryl methyl sites for hydroxylation is 1. The first-order chi connectivity index (χ1) is 17.2. The van der Waals surface area contributed by atoms with Crippen LogP contribution in [0.1, 0.15) is 24.1 Å². The third-order valence-electron chi connectivity index (χ3n) is 7.14. The van der Waals surface area contributed by atoms with Gasteiger partial charge in [0.1, 0.15) is 13.2 Å². The summed E-state index contributed by atoms with van der Waals surface area (Å²) in [5, 5.41) is 11.1. The lowest BCUT2D eigenvalue weighted by Gasteiger charge is -2.32. The number of likely N-dealkylation sites (tertiary alicyclic amines) is 1. The summed E-state index contributed by atoms with van der Waals surface area (Å²) in [6.45, 7) is 5.02. The SMILES string of the molecule is Cl.Cn1ncc2c3c(CCN4CCC(NCc5cc6c(cn5)OCCO6)CC4)c(Cl)cnc3ccc21. The number of nitrogens with zero attached hydrogens (tertiary/aromatic N) is 5. The van der Waals surface area contributed by atoms with Gasteiger partial charge in [0.2, 0.25) is 0 Å². The summed E-state index contributed by atoms with van der Waals surface area (Å²) in [5.74, 6) is 1.53. The van der Waals surface area contributed by atoms with Crippen molar-refractivity contribution in [3.8, 4) is 11.5 Å². The molecule has 190 valence electrons. The van der Waals surface area contributed by atoms with E-state index in [1.165, 1.54) is 5.56 Å². The van der Waals surface area contributed by atoms with Crippen molar-refractivity contribution < 1.29 is 9.47 Å². The molecule has 4 aromatic rings. The number of nitrogens with one attached hydrogen (secondary N) is 1. The predicted octanol–water partition coefficient (Wildman–Crippen LogP) is 4.16. The maximum atomic E-state index is 6.65. The van der Waals surface area contributed by atoms with E-state index in [1.54, 1.807) is 12.4 Å². The first-order valence-corrected chi connectivity index (χ1v) is 12.6. The Hall–Kier alpha value is -2.65. The molecule has 0 aliphatic carbocycles. The fourth-order valence-corrected chi connectivity index (χ4v) is 5.41. The second-order valence-electron chi connectivity index (χ2n) is 9.31. The summed E-state index contributed by atoms with van der Waals surface area (Å²) in [6.07, 6.45) is 8.59. The lowest BCUT2D eigenvalue weighted by atomic mass is 10.0. The van der Waals surface area contributed by atoms with E-state index in [-0.39, 0.29) is 12.4 Å². The summed E-state index contributed by atoms with van der Waals surface area (Å²) in [6, 6.07) is 6.61. The van der Waals surface area contributed by atoms with Crippen LogP contribution in [0.4, 0.5) is 0 Å². The smallest absolute Gasteiger partial charge is 0.179 e. The molecule has 0 saturated carbocycles. The quantitative estimate of drug-likeness (QED) is 0.402. The Morgan fingerprint density at radius 1 is 1.06 bits per heavy atom. The Morgan fingerprint density at radius 2 is 1.86 bits per heavy atom. The highest BCUT2D eigenvalue weighted by molar-refractivity contribution is 6.32. The highest BCUT2D eigenvalue weighted by Crippen LogP contribution is 2.32. The van der Waals surface area contributed by atoms with Crippen LogP contribution in [0, 0.1) is 0 Å². The highest BCUT2D eigenvalue weighted by atomic mass is 35.5. The molecule has 1 aromatic carbocycles. The predicted molar refractivity (Wildman–Crippen MR) is 144 cm³/mol. The first kappa shape index (κ1) is 25.0. The van der Waals surface area contributed by atoms with E-state index in [4.69, 9.17) is 21.1 Å². The molecule has 2 aliphatic heterocycles. The Bertz CT molecular complexity index is 1370. The number of fused-ring (bicyclic) bond motifs is 4. The summed E-state index contributed by atoms with van der Waals surface area (Å²) < 4.78 is 13.1. The van der Waals surface area contributed by atoms with Crippen LogP contribution in [0.5, 0.6) is 11.5 Å². The number of aromatic nitrogens is 4. The number of rotatable bonds is 6. The largest absolute Gasteiger partial charge is 0.486 e. The summed E-state index contributed by atoms with van der Waals surface area (Å²) >= 11 is 6.65. The van der Waals surface area contributed by atoms with Crippen LogP contribution < -0.4 is 14.8 Å². The van der Waals surface area contributed by atoms with Crippen LogP contribution in [-0.2, 0) is 20.0 Å². The van der Waals surface area contributed by atoms with E-state index in [0.29, 0.717) is 19.3 Å². The van der Waals surface area contributed by atoms with E-state index in [9.17, 15) is 0 Å². The maximum absolute atomic E-state index is 6.65. The van der Waals surface area contributed by atoms with Crippen molar-refractivity contribution >= 4 is 45.8 Å². The number of benzene rings is 1. The van der Waals surface area contributed by atoms with Gasteiger partial charge in [-0.15, -0.1) is 12.4 Å². The van der Waals surface area contributed by atoms with E-state index in [1.807, 2.05) is 24.0 Å². The van der Waals surface area contributed by atoms with Gasteiger partial charge < -0.3 is 19.7 Å². The standard InChI is InChI=1S/C26H29ClN6O2.ClH/c1-32-23-3-2-22-26(20(23)14-31-32)19(21(27)15-30-22)6-9-33-7-4-17(5-8-33)28-13-18-12-24-25(16-29-18)35-11-10-34-24;/h2-3,12,14-17,28H,4-11,13H2,1H3;1H. The molecule has 2 aliphatic rings.